The van der Waals surface area contributed by atoms with Gasteiger partial charge in [0.25, 0.3) is 5.56 Å². The highest BCUT2D eigenvalue weighted by molar-refractivity contribution is 5.55. The monoisotopic (exact) mass is 300 g/mol. The van der Waals surface area contributed by atoms with E-state index in [1.807, 2.05) is 0 Å². The van der Waals surface area contributed by atoms with Gasteiger partial charge in [-0.3, -0.25) is 13.9 Å². The summed E-state index contributed by atoms with van der Waals surface area (Å²) in [5, 5.41) is 2.65. The van der Waals surface area contributed by atoms with Crippen molar-refractivity contribution in [3.05, 3.63) is 25.7 Å². The minimum absolute atomic E-state index is 0.0403. The van der Waals surface area contributed by atoms with Crippen LogP contribution in [0.2, 0.25) is 0 Å². The second-order valence-electron chi connectivity index (χ2n) is 4.26. The number of anilines is 1. The number of hydrogen-bond acceptors (Lipinski definition) is 7. The van der Waals surface area contributed by atoms with Crippen LogP contribution in [0.1, 0.15) is 13.3 Å². The first kappa shape index (κ1) is 17.1. The van der Waals surface area contributed by atoms with Gasteiger partial charge in [-0.1, -0.05) is 0 Å². The highest BCUT2D eigenvalue weighted by atomic mass is 16.5. The van der Waals surface area contributed by atoms with Crippen LogP contribution in [-0.2, 0) is 22.6 Å². The van der Waals surface area contributed by atoms with Gasteiger partial charge in [0.1, 0.15) is 5.82 Å². The zero-order valence-electron chi connectivity index (χ0n) is 12.2. The summed E-state index contributed by atoms with van der Waals surface area (Å²) in [4.78, 5) is 35.1. The summed E-state index contributed by atoms with van der Waals surface area (Å²) in [7, 11) is 1.54. The van der Waals surface area contributed by atoms with Gasteiger partial charge in [0.05, 0.1) is 13.2 Å². The van der Waals surface area contributed by atoms with Crippen LogP contribution in [0.5, 0.6) is 0 Å². The second-order valence-corrected chi connectivity index (χ2v) is 4.26. The summed E-state index contributed by atoms with van der Waals surface area (Å²) in [5.41, 5.74) is 3.85. The summed E-state index contributed by atoms with van der Waals surface area (Å²) in [6.45, 7) is 3.14. The van der Waals surface area contributed by atoms with Crippen LogP contribution < -0.4 is 17.0 Å². The minimum atomic E-state index is -0.796. The van der Waals surface area contributed by atoms with Gasteiger partial charge in [0, 0.05) is 26.9 Å². The molecule has 0 aromatic carbocycles. The topological polar surface area (TPSA) is 118 Å². The van der Waals surface area contributed by atoms with Crippen LogP contribution in [0.25, 0.3) is 0 Å². The van der Waals surface area contributed by atoms with Gasteiger partial charge in [0.2, 0.25) is 5.69 Å². The summed E-state index contributed by atoms with van der Waals surface area (Å²) < 4.78 is 12.1. The van der Waals surface area contributed by atoms with Crippen molar-refractivity contribution in [2.45, 2.75) is 26.4 Å². The molecule has 0 aliphatic carbocycles. The molecule has 0 bridgehead atoms. The molecule has 2 N–H and O–H groups in total. The van der Waals surface area contributed by atoms with E-state index in [9.17, 15) is 14.5 Å². The summed E-state index contributed by atoms with van der Waals surface area (Å²) in [5.74, 6) is -0.219. The Morgan fingerprint density at radius 2 is 1.90 bits per heavy atom. The maximum atomic E-state index is 12.3. The Hall–Kier alpha value is -2.00. The molecule has 1 rings (SSSR count). The summed E-state index contributed by atoms with van der Waals surface area (Å²) in [6.07, 6.45) is 0.516. The molecule has 21 heavy (non-hydrogen) atoms. The number of nitrogens with zero attached hydrogens (tertiary/aromatic N) is 3. The zero-order chi connectivity index (χ0) is 15.8. The minimum Gasteiger partial charge on any atom is -0.385 e. The van der Waals surface area contributed by atoms with Crippen molar-refractivity contribution < 1.29 is 9.47 Å². The SMILES string of the molecule is CCOCCn1c(=O)c(N=O)c(N)n(CCCOC)c1=O. The first-order valence-electron chi connectivity index (χ1n) is 6.61. The number of methoxy groups -OCH3 is 1. The van der Waals surface area contributed by atoms with E-state index in [-0.39, 0.29) is 25.5 Å². The average molecular weight is 300 g/mol. The van der Waals surface area contributed by atoms with Crippen LogP contribution in [0.4, 0.5) is 11.5 Å². The summed E-state index contributed by atoms with van der Waals surface area (Å²) in [6, 6.07) is 0. The average Bonchev–Trinajstić information content (AvgIpc) is 2.47. The van der Waals surface area contributed by atoms with Crippen molar-refractivity contribution in [3.63, 3.8) is 0 Å². The molecule has 118 valence electrons. The molecule has 0 radical (unpaired) electrons. The van der Waals surface area contributed by atoms with Crippen molar-refractivity contribution in [3.8, 4) is 0 Å². The highest BCUT2D eigenvalue weighted by Gasteiger charge is 2.17. The Morgan fingerprint density at radius 3 is 2.48 bits per heavy atom. The molecule has 9 nitrogen and oxygen atoms in total. The summed E-state index contributed by atoms with van der Waals surface area (Å²) >= 11 is 0. The van der Waals surface area contributed by atoms with E-state index < -0.39 is 16.9 Å². The van der Waals surface area contributed by atoms with E-state index in [1.165, 1.54) is 7.11 Å². The number of nitroso groups, excluding NO2 is 1. The van der Waals surface area contributed by atoms with Gasteiger partial charge in [-0.15, -0.1) is 4.91 Å². The predicted molar refractivity (Wildman–Crippen MR) is 77.8 cm³/mol. The van der Waals surface area contributed by atoms with Gasteiger partial charge in [-0.2, -0.15) is 0 Å². The van der Waals surface area contributed by atoms with Crippen LogP contribution in [0.3, 0.4) is 0 Å². The molecule has 0 amide bonds. The fourth-order valence-electron chi connectivity index (χ4n) is 1.87. The van der Waals surface area contributed by atoms with Crippen molar-refractivity contribution in [2.24, 2.45) is 5.18 Å². The van der Waals surface area contributed by atoms with Crippen molar-refractivity contribution in [1.82, 2.24) is 9.13 Å². The third kappa shape index (κ3) is 3.99. The van der Waals surface area contributed by atoms with Gasteiger partial charge in [0.15, 0.2) is 0 Å². The van der Waals surface area contributed by atoms with Crippen LogP contribution in [-0.4, -0.2) is 36.1 Å². The van der Waals surface area contributed by atoms with Crippen molar-refractivity contribution >= 4 is 11.5 Å². The lowest BCUT2D eigenvalue weighted by atomic mass is 10.4. The molecule has 0 aliphatic heterocycles. The van der Waals surface area contributed by atoms with Crippen LogP contribution in [0.15, 0.2) is 14.8 Å². The Bertz CT molecular complexity index is 593. The van der Waals surface area contributed by atoms with Crippen LogP contribution in [0, 0.1) is 4.91 Å². The largest absolute Gasteiger partial charge is 0.385 e. The lowest BCUT2D eigenvalue weighted by Gasteiger charge is -2.13. The standard InChI is InChI=1S/C12H20N4O5/c1-3-21-8-6-16-11(17)9(14-19)10(13)15(12(16)18)5-4-7-20-2/h3-8,13H2,1-2H3. The van der Waals surface area contributed by atoms with Crippen molar-refractivity contribution in [1.29, 1.82) is 0 Å². The number of nitrogen functional groups attached to an aromatic ring is 1. The molecule has 0 unspecified atom stereocenters. The smallest absolute Gasteiger partial charge is 0.332 e. The van der Waals surface area contributed by atoms with E-state index in [2.05, 4.69) is 5.18 Å². The number of aromatic nitrogens is 2. The molecule has 1 heterocycles. The molecular weight excluding hydrogens is 280 g/mol. The van der Waals surface area contributed by atoms with Gasteiger partial charge in [-0.05, 0) is 18.5 Å². The normalized spacial score (nSPS) is 10.8. The molecule has 0 atom stereocenters. The lowest BCUT2D eigenvalue weighted by Crippen LogP contribution is -2.42. The quantitative estimate of drug-likeness (QED) is 0.509. The number of rotatable bonds is 9. The van der Waals surface area contributed by atoms with E-state index in [0.717, 1.165) is 9.13 Å². The number of ether oxygens (including phenoxy) is 2. The third-order valence-corrected chi connectivity index (χ3v) is 2.93. The lowest BCUT2D eigenvalue weighted by molar-refractivity contribution is 0.136. The molecule has 0 aliphatic rings. The number of hydrogen-bond donors (Lipinski definition) is 1. The first-order valence-corrected chi connectivity index (χ1v) is 6.61. The fraction of sp³-hybridized carbons (Fsp3) is 0.667. The molecule has 1 aromatic rings. The molecular formula is C12H20N4O5. The Kier molecular flexibility index (Phi) is 6.76. The van der Waals surface area contributed by atoms with Gasteiger partial charge in [-0.25, -0.2) is 4.79 Å². The predicted octanol–water partition coefficient (Wildman–Crippen LogP) is 0.0631. The maximum Gasteiger partial charge on any atom is 0.332 e. The zero-order valence-corrected chi connectivity index (χ0v) is 12.2. The molecule has 0 spiro atoms. The van der Waals surface area contributed by atoms with E-state index >= 15 is 0 Å². The molecule has 0 saturated heterocycles. The molecule has 1 aromatic heterocycles. The fourth-order valence-corrected chi connectivity index (χ4v) is 1.87. The molecule has 9 heteroatoms. The molecule has 0 saturated carbocycles. The first-order chi connectivity index (χ1) is 10.1. The second kappa shape index (κ2) is 8.32. The highest BCUT2D eigenvalue weighted by Crippen LogP contribution is 2.14. The van der Waals surface area contributed by atoms with Crippen molar-refractivity contribution in [2.75, 3.05) is 32.7 Å². The van der Waals surface area contributed by atoms with Gasteiger partial charge >= 0.3 is 5.69 Å². The Labute approximate surface area is 121 Å². The Morgan fingerprint density at radius 1 is 1.19 bits per heavy atom. The Balaban J connectivity index is 3.23. The maximum absolute atomic E-state index is 12.3. The molecule has 0 fully saturated rings. The third-order valence-electron chi connectivity index (χ3n) is 2.93. The van der Waals surface area contributed by atoms with E-state index in [4.69, 9.17) is 15.2 Å². The number of nitrogens with two attached hydrogens (primary N) is 1. The van der Waals surface area contributed by atoms with E-state index in [0.29, 0.717) is 19.6 Å². The van der Waals surface area contributed by atoms with Crippen LogP contribution >= 0.6 is 0 Å². The van der Waals surface area contributed by atoms with Gasteiger partial charge < -0.3 is 15.2 Å². The van der Waals surface area contributed by atoms with E-state index in [1.54, 1.807) is 6.92 Å².